The van der Waals surface area contributed by atoms with E-state index < -0.39 is 16.1 Å². The molecule has 2 aromatic rings. The molecule has 1 fully saturated rings. The molecular weight excluding hydrogens is 422 g/mol. The Morgan fingerprint density at radius 1 is 1.07 bits per heavy atom. The molecular formula is C22H28ClN3O3S. The van der Waals surface area contributed by atoms with Crippen molar-refractivity contribution >= 4 is 44.6 Å². The Hall–Kier alpha value is -2.25. The number of halogens is 1. The predicted octanol–water partition coefficient (Wildman–Crippen LogP) is 4.51. The lowest BCUT2D eigenvalue weighted by molar-refractivity contribution is -0.117. The fraction of sp³-hybridized carbons (Fsp3) is 0.409. The van der Waals surface area contributed by atoms with Crippen LogP contribution in [0, 0.1) is 0 Å². The molecule has 0 saturated carbocycles. The van der Waals surface area contributed by atoms with Gasteiger partial charge >= 0.3 is 0 Å². The minimum Gasteiger partial charge on any atom is -0.372 e. The van der Waals surface area contributed by atoms with Gasteiger partial charge in [0.1, 0.15) is 6.04 Å². The highest BCUT2D eigenvalue weighted by Crippen LogP contribution is 2.26. The highest BCUT2D eigenvalue weighted by Gasteiger charge is 2.31. The second-order valence-electron chi connectivity index (χ2n) is 7.54. The van der Waals surface area contributed by atoms with E-state index >= 15 is 0 Å². The number of benzene rings is 2. The van der Waals surface area contributed by atoms with Gasteiger partial charge in [-0.1, -0.05) is 18.5 Å². The van der Waals surface area contributed by atoms with Crippen LogP contribution in [0.15, 0.2) is 48.5 Å². The van der Waals surface area contributed by atoms with E-state index in [0.717, 1.165) is 29.3 Å². The van der Waals surface area contributed by atoms with Crippen molar-refractivity contribution < 1.29 is 13.2 Å². The number of carbonyl (C=O) groups is 1. The number of nitrogens with one attached hydrogen (secondary N) is 1. The number of piperidine rings is 1. The molecule has 1 heterocycles. The molecule has 0 unspecified atom stereocenters. The Balaban J connectivity index is 1.77. The van der Waals surface area contributed by atoms with E-state index in [1.165, 1.54) is 19.3 Å². The molecule has 1 amide bonds. The van der Waals surface area contributed by atoms with Crippen LogP contribution in [0.1, 0.15) is 32.6 Å². The molecule has 1 aliphatic rings. The topological polar surface area (TPSA) is 69.7 Å². The summed E-state index contributed by atoms with van der Waals surface area (Å²) in [5, 5.41) is 3.37. The van der Waals surface area contributed by atoms with Gasteiger partial charge < -0.3 is 10.2 Å². The standard InChI is InChI=1S/C22H28ClN3O3S/c1-3-21(26(30(2,28)29)20-11-7-17(23)8-12-20)22(27)24-18-9-13-19(14-10-18)25-15-5-4-6-16-25/h7-14,21H,3-6,15-16H2,1-2H3,(H,24,27)/t21-/m0/s1. The quantitative estimate of drug-likeness (QED) is 0.675. The highest BCUT2D eigenvalue weighted by molar-refractivity contribution is 7.92. The summed E-state index contributed by atoms with van der Waals surface area (Å²) in [5.74, 6) is -0.372. The largest absolute Gasteiger partial charge is 0.372 e. The van der Waals surface area contributed by atoms with Crippen molar-refractivity contribution in [1.29, 1.82) is 0 Å². The minimum absolute atomic E-state index is 0.327. The zero-order chi connectivity index (χ0) is 21.7. The summed E-state index contributed by atoms with van der Waals surface area (Å²) in [4.78, 5) is 15.3. The summed E-state index contributed by atoms with van der Waals surface area (Å²) < 4.78 is 26.2. The van der Waals surface area contributed by atoms with Crippen LogP contribution in [0.2, 0.25) is 5.02 Å². The average molecular weight is 450 g/mol. The average Bonchev–Trinajstić information content (AvgIpc) is 2.73. The molecule has 6 nitrogen and oxygen atoms in total. The maximum atomic E-state index is 13.0. The Morgan fingerprint density at radius 2 is 1.67 bits per heavy atom. The number of amides is 1. The number of rotatable bonds is 7. The first-order valence-corrected chi connectivity index (χ1v) is 12.4. The minimum atomic E-state index is -3.68. The van der Waals surface area contributed by atoms with Crippen LogP contribution in [0.25, 0.3) is 0 Å². The molecule has 2 aromatic carbocycles. The molecule has 8 heteroatoms. The third kappa shape index (κ3) is 5.46. The summed E-state index contributed by atoms with van der Waals surface area (Å²) in [6, 6.07) is 13.3. The molecule has 162 valence electrons. The maximum Gasteiger partial charge on any atom is 0.248 e. The monoisotopic (exact) mass is 449 g/mol. The van der Waals surface area contributed by atoms with Crippen molar-refractivity contribution in [3.05, 3.63) is 53.6 Å². The zero-order valence-corrected chi connectivity index (χ0v) is 18.9. The molecule has 30 heavy (non-hydrogen) atoms. The van der Waals surface area contributed by atoms with Crippen molar-refractivity contribution in [2.75, 3.05) is 33.9 Å². The second-order valence-corrected chi connectivity index (χ2v) is 9.84. The lowest BCUT2D eigenvalue weighted by atomic mass is 10.1. The van der Waals surface area contributed by atoms with Crippen molar-refractivity contribution in [2.45, 2.75) is 38.6 Å². The van der Waals surface area contributed by atoms with Gasteiger partial charge in [0.15, 0.2) is 0 Å². The lowest BCUT2D eigenvalue weighted by Gasteiger charge is -2.30. The van der Waals surface area contributed by atoms with E-state index in [-0.39, 0.29) is 5.91 Å². The lowest BCUT2D eigenvalue weighted by Crippen LogP contribution is -2.47. The van der Waals surface area contributed by atoms with Gasteiger partial charge in [0.25, 0.3) is 0 Å². The van der Waals surface area contributed by atoms with E-state index in [9.17, 15) is 13.2 Å². The number of hydrogen-bond donors (Lipinski definition) is 1. The van der Waals surface area contributed by atoms with E-state index in [1.54, 1.807) is 31.2 Å². The molecule has 0 spiro atoms. The first-order valence-electron chi connectivity index (χ1n) is 10.2. The van der Waals surface area contributed by atoms with Gasteiger partial charge in [0.05, 0.1) is 11.9 Å². The number of sulfonamides is 1. The third-order valence-electron chi connectivity index (χ3n) is 5.27. The number of anilines is 3. The maximum absolute atomic E-state index is 13.0. The summed E-state index contributed by atoms with van der Waals surface area (Å²) in [7, 11) is -3.68. The third-order valence-corrected chi connectivity index (χ3v) is 6.70. The molecule has 0 radical (unpaired) electrons. The van der Waals surface area contributed by atoms with Crippen molar-refractivity contribution in [3.63, 3.8) is 0 Å². The van der Waals surface area contributed by atoms with Gasteiger partial charge in [0.2, 0.25) is 15.9 Å². The van der Waals surface area contributed by atoms with Gasteiger partial charge in [-0.05, 0) is 74.2 Å². The Labute approximate surface area is 183 Å². The Kier molecular flexibility index (Phi) is 7.26. The molecule has 1 saturated heterocycles. The normalized spacial score (nSPS) is 15.5. The van der Waals surface area contributed by atoms with E-state index in [1.807, 2.05) is 24.3 Å². The van der Waals surface area contributed by atoms with E-state index in [4.69, 9.17) is 11.6 Å². The Bertz CT molecular complexity index is 956. The van der Waals surface area contributed by atoms with Crippen LogP contribution >= 0.6 is 11.6 Å². The molecule has 1 atom stereocenters. The second kappa shape index (κ2) is 9.71. The number of nitrogens with zero attached hydrogens (tertiary/aromatic N) is 2. The van der Waals surface area contributed by atoms with Crippen molar-refractivity contribution in [1.82, 2.24) is 0 Å². The van der Waals surface area contributed by atoms with Crippen LogP contribution in [-0.2, 0) is 14.8 Å². The van der Waals surface area contributed by atoms with Crippen molar-refractivity contribution in [3.8, 4) is 0 Å². The summed E-state index contributed by atoms with van der Waals surface area (Å²) in [6.07, 6.45) is 5.09. The van der Waals surface area contributed by atoms with Crippen LogP contribution in [0.4, 0.5) is 17.1 Å². The van der Waals surface area contributed by atoms with Crippen LogP contribution in [0.3, 0.4) is 0 Å². The molecule has 0 aliphatic carbocycles. The molecule has 0 aromatic heterocycles. The zero-order valence-electron chi connectivity index (χ0n) is 17.3. The molecule has 1 N–H and O–H groups in total. The predicted molar refractivity (Wildman–Crippen MR) is 124 cm³/mol. The first-order chi connectivity index (χ1) is 14.3. The smallest absolute Gasteiger partial charge is 0.248 e. The fourth-order valence-electron chi connectivity index (χ4n) is 3.78. The first kappa shape index (κ1) is 22.4. The summed E-state index contributed by atoms with van der Waals surface area (Å²) >= 11 is 5.93. The van der Waals surface area contributed by atoms with Gasteiger partial charge in [-0.3, -0.25) is 9.10 Å². The SMILES string of the molecule is CC[C@@H](C(=O)Nc1ccc(N2CCCCC2)cc1)N(c1ccc(Cl)cc1)S(C)(=O)=O. The van der Waals surface area contributed by atoms with Gasteiger partial charge in [-0.15, -0.1) is 0 Å². The van der Waals surface area contributed by atoms with Crippen LogP contribution in [-0.4, -0.2) is 39.7 Å². The highest BCUT2D eigenvalue weighted by atomic mass is 35.5. The van der Waals surface area contributed by atoms with E-state index in [0.29, 0.717) is 22.8 Å². The van der Waals surface area contributed by atoms with Crippen LogP contribution < -0.4 is 14.5 Å². The fourth-order valence-corrected chi connectivity index (χ4v) is 5.12. The van der Waals surface area contributed by atoms with Gasteiger partial charge in [0, 0.05) is 29.5 Å². The summed E-state index contributed by atoms with van der Waals surface area (Å²) in [5.41, 5.74) is 2.19. The molecule has 1 aliphatic heterocycles. The van der Waals surface area contributed by atoms with Crippen LogP contribution in [0.5, 0.6) is 0 Å². The molecule has 3 rings (SSSR count). The number of carbonyl (C=O) groups excluding carboxylic acids is 1. The van der Waals surface area contributed by atoms with Crippen molar-refractivity contribution in [2.24, 2.45) is 0 Å². The number of hydrogen-bond acceptors (Lipinski definition) is 4. The van der Waals surface area contributed by atoms with Gasteiger partial charge in [-0.25, -0.2) is 8.42 Å². The van der Waals surface area contributed by atoms with Gasteiger partial charge in [-0.2, -0.15) is 0 Å². The Morgan fingerprint density at radius 3 is 2.20 bits per heavy atom. The summed E-state index contributed by atoms with van der Waals surface area (Å²) in [6.45, 7) is 3.89. The molecule has 0 bridgehead atoms. The van der Waals surface area contributed by atoms with E-state index in [2.05, 4.69) is 10.2 Å².